The lowest BCUT2D eigenvalue weighted by molar-refractivity contribution is 0.0948. The van der Waals surface area contributed by atoms with Crippen molar-refractivity contribution in [1.82, 2.24) is 0 Å². The van der Waals surface area contributed by atoms with Crippen LogP contribution in [0.1, 0.15) is 20.3 Å². The first kappa shape index (κ1) is 6.15. The summed E-state index contributed by atoms with van der Waals surface area (Å²) in [5, 5.41) is 0. The van der Waals surface area contributed by atoms with Gasteiger partial charge in [-0.1, -0.05) is 6.92 Å². The first-order valence-electron chi connectivity index (χ1n) is 3.11. The van der Waals surface area contributed by atoms with E-state index in [9.17, 15) is 0 Å². The summed E-state index contributed by atoms with van der Waals surface area (Å²) in [5.41, 5.74) is 0. The number of ether oxygens (including phenoxy) is 1. The van der Waals surface area contributed by atoms with E-state index in [2.05, 4.69) is 13.8 Å². The lowest BCUT2D eigenvalue weighted by atomic mass is 9.88. The molecule has 1 aliphatic rings. The maximum Gasteiger partial charge on any atom is 0.109 e. The zero-order valence-corrected chi connectivity index (χ0v) is 5.42. The van der Waals surface area contributed by atoms with Gasteiger partial charge in [0.15, 0.2) is 0 Å². The molecule has 2 radical (unpaired) electrons. The second-order valence-electron chi connectivity index (χ2n) is 2.62. The quantitative estimate of drug-likeness (QED) is 0.421. The predicted molar refractivity (Wildman–Crippen MR) is 33.9 cm³/mol. The molecule has 0 saturated carbocycles. The second-order valence-corrected chi connectivity index (χ2v) is 2.62. The van der Waals surface area contributed by atoms with Crippen molar-refractivity contribution in [2.24, 2.45) is 5.92 Å². The molecule has 0 amide bonds. The van der Waals surface area contributed by atoms with Crippen LogP contribution < -0.4 is 0 Å². The highest BCUT2D eigenvalue weighted by atomic mass is 16.5. The first-order chi connectivity index (χ1) is 3.70. The molecule has 0 aromatic carbocycles. The molecule has 0 spiro atoms. The largest absolute Gasteiger partial charge is 0.385 e. The molecule has 8 heavy (non-hydrogen) atoms. The minimum Gasteiger partial charge on any atom is -0.385 e. The summed E-state index contributed by atoms with van der Waals surface area (Å²) in [5.74, 6) is 0.546. The Morgan fingerprint density at radius 1 is 1.50 bits per heavy atom. The Balaban J connectivity index is 2.39. The molecule has 44 valence electrons. The zero-order valence-electron chi connectivity index (χ0n) is 5.42. The van der Waals surface area contributed by atoms with Gasteiger partial charge in [-0.15, -0.1) is 0 Å². The average molecular weight is 110 g/mol. The van der Waals surface area contributed by atoms with Crippen LogP contribution in [0.5, 0.6) is 0 Å². The number of hydrogen-bond acceptors (Lipinski definition) is 1. The van der Waals surface area contributed by atoms with E-state index >= 15 is 0 Å². The molecule has 0 N–H and O–H groups in total. The molecule has 1 fully saturated rings. The van der Waals surface area contributed by atoms with Crippen LogP contribution in [-0.4, -0.2) is 20.0 Å². The summed E-state index contributed by atoms with van der Waals surface area (Å²) in [6.45, 7) is 4.18. The Labute approximate surface area is 51.8 Å². The van der Waals surface area contributed by atoms with Gasteiger partial charge in [0, 0.05) is 6.00 Å². The molecule has 1 aliphatic heterocycles. The molecule has 1 heterocycles. The Morgan fingerprint density at radius 3 is 2.25 bits per heavy atom. The van der Waals surface area contributed by atoms with Crippen molar-refractivity contribution in [3.05, 3.63) is 0 Å². The Bertz CT molecular complexity index is 74.6. The van der Waals surface area contributed by atoms with Crippen LogP contribution in [0.3, 0.4) is 0 Å². The maximum absolute atomic E-state index is 5.55. The molecule has 3 atom stereocenters. The summed E-state index contributed by atoms with van der Waals surface area (Å²) in [6, 6.07) is -0.00926. The highest BCUT2D eigenvalue weighted by Gasteiger charge is 2.24. The van der Waals surface area contributed by atoms with Crippen LogP contribution >= 0.6 is 0 Å². The third-order valence-corrected chi connectivity index (χ3v) is 1.65. The van der Waals surface area contributed by atoms with E-state index in [0.717, 1.165) is 6.42 Å². The van der Waals surface area contributed by atoms with Crippen LogP contribution in [0.2, 0.25) is 0 Å². The van der Waals surface area contributed by atoms with Crippen molar-refractivity contribution in [1.29, 1.82) is 0 Å². The SMILES string of the molecule is [B][C@@H]1OC(C)C[C@@H]1C. The van der Waals surface area contributed by atoms with E-state index in [-0.39, 0.29) is 6.00 Å². The van der Waals surface area contributed by atoms with Crippen molar-refractivity contribution < 1.29 is 4.74 Å². The maximum atomic E-state index is 5.55. The van der Waals surface area contributed by atoms with Crippen molar-refractivity contribution in [3.63, 3.8) is 0 Å². The fourth-order valence-electron chi connectivity index (χ4n) is 1.12. The Kier molecular flexibility index (Phi) is 1.61. The topological polar surface area (TPSA) is 9.23 Å². The molecule has 0 aromatic heterocycles. The van der Waals surface area contributed by atoms with Gasteiger partial charge < -0.3 is 4.74 Å². The standard InChI is InChI=1S/C6H11BO/c1-4-3-5(2)8-6(4)7/h4-6H,3H2,1-2H3/t4-,5?,6+/m0/s1. The molecule has 2 heteroatoms. The summed E-state index contributed by atoms with van der Waals surface area (Å²) in [6.07, 6.45) is 1.49. The van der Waals surface area contributed by atoms with Crippen LogP contribution in [-0.2, 0) is 4.74 Å². The molecular weight excluding hydrogens is 98.9 g/mol. The molecule has 0 aliphatic carbocycles. The lowest BCUT2D eigenvalue weighted by Crippen LogP contribution is -2.12. The second kappa shape index (κ2) is 2.10. The van der Waals surface area contributed by atoms with Gasteiger partial charge in [0.25, 0.3) is 0 Å². The van der Waals surface area contributed by atoms with Gasteiger partial charge in [-0.2, -0.15) is 0 Å². The minimum atomic E-state index is -0.00926. The number of hydrogen-bond donors (Lipinski definition) is 0. The molecule has 0 bridgehead atoms. The van der Waals surface area contributed by atoms with E-state index < -0.39 is 0 Å². The van der Waals surface area contributed by atoms with Gasteiger partial charge in [-0.3, -0.25) is 0 Å². The van der Waals surface area contributed by atoms with Gasteiger partial charge in [-0.25, -0.2) is 0 Å². The predicted octanol–water partition coefficient (Wildman–Crippen LogP) is 0.926. The van der Waals surface area contributed by atoms with Crippen LogP contribution in [0.15, 0.2) is 0 Å². The van der Waals surface area contributed by atoms with Gasteiger partial charge >= 0.3 is 0 Å². The molecule has 1 saturated heterocycles. The monoisotopic (exact) mass is 110 g/mol. The van der Waals surface area contributed by atoms with E-state index in [4.69, 9.17) is 12.6 Å². The normalized spacial score (nSPS) is 47.5. The van der Waals surface area contributed by atoms with Crippen LogP contribution in [0, 0.1) is 5.92 Å². The highest BCUT2D eigenvalue weighted by molar-refractivity contribution is 6.11. The van der Waals surface area contributed by atoms with E-state index in [1.807, 2.05) is 0 Å². The van der Waals surface area contributed by atoms with Gasteiger partial charge in [-0.05, 0) is 19.3 Å². The van der Waals surface area contributed by atoms with Gasteiger partial charge in [0.1, 0.15) is 7.85 Å². The highest BCUT2D eigenvalue weighted by Crippen LogP contribution is 2.22. The summed E-state index contributed by atoms with van der Waals surface area (Å²) in [4.78, 5) is 0. The van der Waals surface area contributed by atoms with Crippen LogP contribution in [0.25, 0.3) is 0 Å². The third-order valence-electron chi connectivity index (χ3n) is 1.65. The van der Waals surface area contributed by atoms with Crippen molar-refractivity contribution in [3.8, 4) is 0 Å². The molecule has 1 rings (SSSR count). The van der Waals surface area contributed by atoms with Crippen molar-refractivity contribution >= 4 is 7.85 Å². The van der Waals surface area contributed by atoms with Crippen molar-refractivity contribution in [2.45, 2.75) is 32.4 Å². The van der Waals surface area contributed by atoms with Crippen LogP contribution in [0.4, 0.5) is 0 Å². The summed E-state index contributed by atoms with van der Waals surface area (Å²) < 4.78 is 5.25. The minimum absolute atomic E-state index is 0.00926. The fourth-order valence-corrected chi connectivity index (χ4v) is 1.12. The van der Waals surface area contributed by atoms with E-state index in [0.29, 0.717) is 12.0 Å². The lowest BCUT2D eigenvalue weighted by Gasteiger charge is -2.06. The zero-order chi connectivity index (χ0) is 6.15. The average Bonchev–Trinajstić information content (AvgIpc) is 1.85. The molecule has 1 nitrogen and oxygen atoms in total. The smallest absolute Gasteiger partial charge is 0.109 e. The number of rotatable bonds is 0. The Morgan fingerprint density at radius 2 is 2.12 bits per heavy atom. The first-order valence-corrected chi connectivity index (χ1v) is 3.11. The molecule has 1 unspecified atom stereocenters. The molecule has 0 aromatic rings. The summed E-state index contributed by atoms with van der Waals surface area (Å²) in [7, 11) is 5.55. The molecular formula is C6H11BO. The fraction of sp³-hybridized carbons (Fsp3) is 1.00. The van der Waals surface area contributed by atoms with Gasteiger partial charge in [0.2, 0.25) is 0 Å². The Hall–Kier alpha value is 0.0249. The summed E-state index contributed by atoms with van der Waals surface area (Å²) >= 11 is 0. The van der Waals surface area contributed by atoms with Crippen molar-refractivity contribution in [2.75, 3.05) is 0 Å². The third kappa shape index (κ3) is 1.05. The van der Waals surface area contributed by atoms with E-state index in [1.54, 1.807) is 0 Å². The van der Waals surface area contributed by atoms with E-state index in [1.165, 1.54) is 0 Å². The van der Waals surface area contributed by atoms with Gasteiger partial charge in [0.05, 0.1) is 6.10 Å².